The first-order chi connectivity index (χ1) is 7.97. The Labute approximate surface area is 125 Å². The van der Waals surface area contributed by atoms with Crippen LogP contribution in [0, 0.1) is 6.92 Å². The summed E-state index contributed by atoms with van der Waals surface area (Å²) < 4.78 is 1.81. The summed E-state index contributed by atoms with van der Waals surface area (Å²) in [5.74, 6) is -0.00741. The van der Waals surface area contributed by atoms with Crippen molar-refractivity contribution < 1.29 is 4.79 Å². The number of benzene rings is 1. The van der Waals surface area contributed by atoms with Crippen LogP contribution in [-0.4, -0.2) is 5.78 Å². The second kappa shape index (κ2) is 5.22. The monoisotopic (exact) mass is 392 g/mol. The van der Waals surface area contributed by atoms with Gasteiger partial charge in [-0.15, -0.1) is 11.3 Å². The van der Waals surface area contributed by atoms with Crippen LogP contribution < -0.4 is 0 Å². The van der Waals surface area contributed by atoms with Crippen LogP contribution in [0.25, 0.3) is 0 Å². The molecular weight excluding hydrogens is 387 g/mol. The Morgan fingerprint density at radius 2 is 1.94 bits per heavy atom. The number of hydrogen-bond donors (Lipinski definition) is 0. The van der Waals surface area contributed by atoms with Crippen LogP contribution in [0.4, 0.5) is 0 Å². The maximum Gasteiger partial charge on any atom is 0.203 e. The van der Waals surface area contributed by atoms with Crippen LogP contribution in [-0.2, 0) is 0 Å². The molecule has 1 nitrogen and oxygen atoms in total. The Morgan fingerprint density at radius 3 is 2.47 bits per heavy atom. The maximum absolute atomic E-state index is 12.2. The first-order valence-electron chi connectivity index (χ1n) is 4.74. The molecule has 0 saturated carbocycles. The Morgan fingerprint density at radius 1 is 1.24 bits per heavy atom. The average Bonchev–Trinajstić information content (AvgIpc) is 2.57. The molecular formula is C12H7Br2ClOS. The lowest BCUT2D eigenvalue weighted by atomic mass is 10.1. The molecule has 1 aromatic carbocycles. The lowest BCUT2D eigenvalue weighted by Crippen LogP contribution is -1.98. The third kappa shape index (κ3) is 2.99. The molecule has 0 N–H and O–H groups in total. The van der Waals surface area contributed by atoms with Crippen molar-refractivity contribution in [1.29, 1.82) is 0 Å². The van der Waals surface area contributed by atoms with Crippen LogP contribution >= 0.6 is 54.8 Å². The van der Waals surface area contributed by atoms with E-state index in [2.05, 4.69) is 31.9 Å². The number of thiophene rings is 1. The highest BCUT2D eigenvalue weighted by Gasteiger charge is 2.14. The third-order valence-electron chi connectivity index (χ3n) is 2.17. The van der Waals surface area contributed by atoms with E-state index in [9.17, 15) is 4.79 Å². The van der Waals surface area contributed by atoms with E-state index >= 15 is 0 Å². The van der Waals surface area contributed by atoms with Gasteiger partial charge in [-0.25, -0.2) is 0 Å². The van der Waals surface area contributed by atoms with Gasteiger partial charge in [0.2, 0.25) is 5.78 Å². The van der Waals surface area contributed by atoms with Crippen molar-refractivity contribution in [3.63, 3.8) is 0 Å². The average molecular weight is 395 g/mol. The van der Waals surface area contributed by atoms with E-state index in [1.54, 1.807) is 6.07 Å². The van der Waals surface area contributed by atoms with Crippen molar-refractivity contribution in [2.75, 3.05) is 0 Å². The molecule has 2 aromatic rings. The van der Waals surface area contributed by atoms with Crippen LogP contribution in [0.2, 0.25) is 5.02 Å². The van der Waals surface area contributed by atoms with E-state index in [0.717, 1.165) is 13.8 Å². The molecule has 0 amide bonds. The molecule has 88 valence electrons. The number of carbonyl (C=O) groups is 1. The fraction of sp³-hybridized carbons (Fsp3) is 0.0833. The lowest BCUT2D eigenvalue weighted by Gasteiger charge is -2.01. The van der Waals surface area contributed by atoms with Gasteiger partial charge in [-0.1, -0.05) is 11.6 Å². The Kier molecular flexibility index (Phi) is 4.08. The van der Waals surface area contributed by atoms with Gasteiger partial charge in [-0.3, -0.25) is 4.79 Å². The minimum Gasteiger partial charge on any atom is -0.288 e. The van der Waals surface area contributed by atoms with Crippen molar-refractivity contribution in [2.45, 2.75) is 6.92 Å². The highest BCUT2D eigenvalue weighted by molar-refractivity contribution is 9.13. The molecule has 0 saturated heterocycles. The van der Waals surface area contributed by atoms with Gasteiger partial charge in [0, 0.05) is 15.1 Å². The highest BCUT2D eigenvalue weighted by Crippen LogP contribution is 2.33. The van der Waals surface area contributed by atoms with Crippen molar-refractivity contribution in [2.24, 2.45) is 0 Å². The maximum atomic E-state index is 12.2. The quantitative estimate of drug-likeness (QED) is 0.618. The molecule has 0 aliphatic carbocycles. The largest absolute Gasteiger partial charge is 0.288 e. The number of aryl methyl sites for hydroxylation is 1. The molecule has 1 aromatic heterocycles. The molecule has 17 heavy (non-hydrogen) atoms. The summed E-state index contributed by atoms with van der Waals surface area (Å²) in [6.45, 7) is 1.92. The second-order valence-corrected chi connectivity index (χ2v) is 7.24. The molecule has 1 heterocycles. The Balaban J connectivity index is 2.43. The van der Waals surface area contributed by atoms with E-state index in [1.807, 2.05) is 25.1 Å². The van der Waals surface area contributed by atoms with Gasteiger partial charge in [-0.2, -0.15) is 0 Å². The molecule has 5 heteroatoms. The summed E-state index contributed by atoms with van der Waals surface area (Å²) in [7, 11) is 0. The summed E-state index contributed by atoms with van der Waals surface area (Å²) in [4.78, 5) is 12.9. The molecule has 0 aliphatic rings. The fourth-order valence-electron chi connectivity index (χ4n) is 1.47. The smallest absolute Gasteiger partial charge is 0.203 e. The van der Waals surface area contributed by atoms with Crippen molar-refractivity contribution in [1.82, 2.24) is 0 Å². The molecule has 2 rings (SSSR count). The summed E-state index contributed by atoms with van der Waals surface area (Å²) >= 11 is 14.1. The summed E-state index contributed by atoms with van der Waals surface area (Å²) in [5, 5.41) is 0.586. The van der Waals surface area contributed by atoms with Crippen molar-refractivity contribution >= 4 is 60.6 Å². The van der Waals surface area contributed by atoms with Gasteiger partial charge >= 0.3 is 0 Å². The zero-order valence-electron chi connectivity index (χ0n) is 8.76. The van der Waals surface area contributed by atoms with E-state index < -0.39 is 0 Å². The van der Waals surface area contributed by atoms with Gasteiger partial charge in [0.15, 0.2) is 0 Å². The number of halogens is 3. The normalized spacial score (nSPS) is 10.6. The predicted octanol–water partition coefficient (Wildman–Crippen LogP) is 5.47. The molecule has 0 bridgehead atoms. The Bertz CT molecular complexity index is 552. The molecule has 0 fully saturated rings. The van der Waals surface area contributed by atoms with E-state index in [0.29, 0.717) is 15.5 Å². The van der Waals surface area contributed by atoms with Crippen molar-refractivity contribution in [3.8, 4) is 0 Å². The molecule has 0 unspecified atom stereocenters. The zero-order valence-corrected chi connectivity index (χ0v) is 13.5. The van der Waals surface area contributed by atoms with Crippen LogP contribution in [0.5, 0.6) is 0 Å². The van der Waals surface area contributed by atoms with Gasteiger partial charge < -0.3 is 0 Å². The number of ketones is 1. The second-order valence-electron chi connectivity index (χ2n) is 3.58. The summed E-state index contributed by atoms with van der Waals surface area (Å²) in [6.07, 6.45) is 0. The fourth-order valence-corrected chi connectivity index (χ4v) is 3.76. The summed E-state index contributed by atoms with van der Waals surface area (Å²) in [5.41, 5.74) is 1.60. The lowest BCUT2D eigenvalue weighted by molar-refractivity contribution is 0.104. The minimum absolute atomic E-state index is 0.00741. The van der Waals surface area contributed by atoms with Crippen molar-refractivity contribution in [3.05, 3.63) is 53.6 Å². The van der Waals surface area contributed by atoms with Gasteiger partial charge in [0.1, 0.15) is 0 Å². The van der Waals surface area contributed by atoms with Crippen LogP contribution in [0.1, 0.15) is 20.8 Å². The van der Waals surface area contributed by atoms with E-state index in [4.69, 9.17) is 11.6 Å². The molecule has 0 radical (unpaired) electrons. The minimum atomic E-state index is -0.00741. The first-order valence-corrected chi connectivity index (χ1v) is 7.52. The number of rotatable bonds is 2. The van der Waals surface area contributed by atoms with Gasteiger partial charge in [0.25, 0.3) is 0 Å². The third-order valence-corrected chi connectivity index (χ3v) is 5.65. The molecule has 0 atom stereocenters. The van der Waals surface area contributed by atoms with Crippen LogP contribution in [0.15, 0.2) is 32.5 Å². The first kappa shape index (κ1) is 13.3. The predicted molar refractivity (Wildman–Crippen MR) is 79.3 cm³/mol. The standard InChI is InChI=1S/C12H7Br2ClOS/c1-6-2-7(4-8(15)3-6)11(16)10-5-9(13)12(14)17-10/h2-5H,1H3. The van der Waals surface area contributed by atoms with E-state index in [1.165, 1.54) is 11.3 Å². The summed E-state index contributed by atoms with van der Waals surface area (Å²) in [6, 6.07) is 7.18. The SMILES string of the molecule is Cc1cc(Cl)cc(C(=O)c2cc(Br)c(Br)s2)c1. The van der Waals surface area contributed by atoms with Gasteiger partial charge in [0.05, 0.1) is 8.66 Å². The topological polar surface area (TPSA) is 17.1 Å². The molecule has 0 spiro atoms. The number of carbonyl (C=O) groups excluding carboxylic acids is 1. The Hall–Kier alpha value is -0.160. The van der Waals surface area contributed by atoms with E-state index in [-0.39, 0.29) is 5.78 Å². The van der Waals surface area contributed by atoms with Gasteiger partial charge in [-0.05, 0) is 68.6 Å². The molecule has 0 aliphatic heterocycles. The number of hydrogen-bond acceptors (Lipinski definition) is 2. The highest BCUT2D eigenvalue weighted by atomic mass is 79.9. The van der Waals surface area contributed by atoms with Crippen LogP contribution in [0.3, 0.4) is 0 Å². The zero-order chi connectivity index (χ0) is 12.6.